The highest BCUT2D eigenvalue weighted by Gasteiger charge is 2.32. The maximum Gasteiger partial charge on any atom is 0.219 e. The molecule has 5 nitrogen and oxygen atoms in total. The molecule has 2 saturated heterocycles. The fraction of sp³-hybridized carbons (Fsp3) is 0.500. The standard InChI is InChI=1S/C24H30N2O3/c1-17(27)25-12-9-22(10-13-25)26-11-3-4-21(16-26)24(28)20-6-5-19-15-23(29-2)8-7-18(19)14-20/h5-8,14-15,21-22H,3-4,9-13,16H2,1-2H3. The molecule has 2 aliphatic heterocycles. The molecule has 2 aromatic rings. The second kappa shape index (κ2) is 8.54. The quantitative estimate of drug-likeness (QED) is 0.741. The summed E-state index contributed by atoms with van der Waals surface area (Å²) in [6.07, 6.45) is 4.05. The molecular formula is C24H30N2O3. The summed E-state index contributed by atoms with van der Waals surface area (Å²) in [5, 5.41) is 2.16. The molecule has 4 rings (SSSR count). The number of ketones is 1. The van der Waals surface area contributed by atoms with E-state index in [0.29, 0.717) is 6.04 Å². The highest BCUT2D eigenvalue weighted by molar-refractivity contribution is 6.01. The van der Waals surface area contributed by atoms with Crippen LogP contribution in [-0.2, 0) is 4.79 Å². The van der Waals surface area contributed by atoms with E-state index in [2.05, 4.69) is 4.90 Å². The fourth-order valence-electron chi connectivity index (χ4n) is 4.84. The van der Waals surface area contributed by atoms with Crippen molar-refractivity contribution in [3.05, 3.63) is 42.0 Å². The first kappa shape index (κ1) is 19.9. The van der Waals surface area contributed by atoms with Gasteiger partial charge in [0.1, 0.15) is 5.75 Å². The minimum atomic E-state index is 0.0604. The molecule has 5 heteroatoms. The average molecular weight is 395 g/mol. The predicted molar refractivity (Wildman–Crippen MR) is 114 cm³/mol. The topological polar surface area (TPSA) is 49.9 Å². The van der Waals surface area contributed by atoms with Crippen LogP contribution in [0.2, 0.25) is 0 Å². The average Bonchev–Trinajstić information content (AvgIpc) is 2.78. The highest BCUT2D eigenvalue weighted by atomic mass is 16.5. The van der Waals surface area contributed by atoms with Gasteiger partial charge in [0.2, 0.25) is 5.91 Å². The Morgan fingerprint density at radius 2 is 1.69 bits per heavy atom. The summed E-state index contributed by atoms with van der Waals surface area (Å²) in [6.45, 7) is 5.22. The lowest BCUT2D eigenvalue weighted by Crippen LogP contribution is -2.50. The molecule has 2 aromatic carbocycles. The summed E-state index contributed by atoms with van der Waals surface area (Å²) >= 11 is 0. The summed E-state index contributed by atoms with van der Waals surface area (Å²) in [5.74, 6) is 1.32. The first-order chi connectivity index (χ1) is 14.0. The molecule has 0 aromatic heterocycles. The first-order valence-corrected chi connectivity index (χ1v) is 10.7. The number of piperidine rings is 2. The molecule has 1 atom stereocenters. The molecule has 2 heterocycles. The van der Waals surface area contributed by atoms with Crippen molar-refractivity contribution >= 4 is 22.5 Å². The Hall–Kier alpha value is -2.40. The Balaban J connectivity index is 1.43. The minimum absolute atomic E-state index is 0.0604. The first-order valence-electron chi connectivity index (χ1n) is 10.7. The van der Waals surface area contributed by atoms with Gasteiger partial charge in [0.15, 0.2) is 5.78 Å². The lowest BCUT2D eigenvalue weighted by Gasteiger charge is -2.42. The van der Waals surface area contributed by atoms with Crippen LogP contribution in [0.5, 0.6) is 5.75 Å². The number of hydrogen-bond acceptors (Lipinski definition) is 4. The van der Waals surface area contributed by atoms with Crippen molar-refractivity contribution in [1.82, 2.24) is 9.80 Å². The van der Waals surface area contributed by atoms with Crippen molar-refractivity contribution in [3.63, 3.8) is 0 Å². The summed E-state index contributed by atoms with van der Waals surface area (Å²) in [5.41, 5.74) is 0.806. The SMILES string of the molecule is COc1ccc2cc(C(=O)C3CCCN(C4CCN(C(C)=O)CC4)C3)ccc2c1. The molecule has 0 spiro atoms. The largest absolute Gasteiger partial charge is 0.497 e. The molecule has 0 N–H and O–H groups in total. The van der Waals surface area contributed by atoms with Gasteiger partial charge in [0.05, 0.1) is 7.11 Å². The van der Waals surface area contributed by atoms with Crippen molar-refractivity contribution < 1.29 is 14.3 Å². The number of likely N-dealkylation sites (tertiary alicyclic amines) is 2. The molecule has 1 amide bonds. The maximum absolute atomic E-state index is 13.2. The zero-order valence-corrected chi connectivity index (χ0v) is 17.4. The molecule has 2 fully saturated rings. The fourth-order valence-corrected chi connectivity index (χ4v) is 4.84. The predicted octanol–water partition coefficient (Wildman–Crippen LogP) is 3.75. The second-order valence-corrected chi connectivity index (χ2v) is 8.36. The van der Waals surface area contributed by atoms with Gasteiger partial charge in [-0.05, 0) is 61.2 Å². The Morgan fingerprint density at radius 3 is 2.41 bits per heavy atom. The van der Waals surface area contributed by atoms with Gasteiger partial charge < -0.3 is 9.64 Å². The van der Waals surface area contributed by atoms with E-state index < -0.39 is 0 Å². The molecule has 0 aliphatic carbocycles. The lowest BCUT2D eigenvalue weighted by molar-refractivity contribution is -0.130. The molecule has 29 heavy (non-hydrogen) atoms. The number of carbonyl (C=O) groups excluding carboxylic acids is 2. The Bertz CT molecular complexity index is 902. The van der Waals surface area contributed by atoms with Gasteiger partial charge in [0, 0.05) is 44.1 Å². The third-order valence-electron chi connectivity index (χ3n) is 6.58. The molecular weight excluding hydrogens is 364 g/mol. The molecule has 0 saturated carbocycles. The van der Waals surface area contributed by atoms with Crippen molar-refractivity contribution in [2.75, 3.05) is 33.3 Å². The number of amides is 1. The number of benzene rings is 2. The van der Waals surface area contributed by atoms with E-state index in [1.807, 2.05) is 41.3 Å². The van der Waals surface area contributed by atoms with E-state index in [1.54, 1.807) is 14.0 Å². The van der Waals surface area contributed by atoms with Crippen LogP contribution >= 0.6 is 0 Å². The summed E-state index contributed by atoms with van der Waals surface area (Å²) in [4.78, 5) is 29.2. The summed E-state index contributed by atoms with van der Waals surface area (Å²) < 4.78 is 5.29. The van der Waals surface area contributed by atoms with Crippen LogP contribution in [0.15, 0.2) is 36.4 Å². The van der Waals surface area contributed by atoms with E-state index in [0.717, 1.165) is 73.9 Å². The molecule has 1 unspecified atom stereocenters. The number of fused-ring (bicyclic) bond motifs is 1. The zero-order chi connectivity index (χ0) is 20.4. The zero-order valence-electron chi connectivity index (χ0n) is 17.4. The van der Waals surface area contributed by atoms with Crippen LogP contribution in [0.25, 0.3) is 10.8 Å². The minimum Gasteiger partial charge on any atom is -0.497 e. The normalized spacial score (nSPS) is 21.3. The van der Waals surface area contributed by atoms with Crippen LogP contribution in [0.3, 0.4) is 0 Å². The van der Waals surface area contributed by atoms with Crippen LogP contribution < -0.4 is 4.74 Å². The number of carbonyl (C=O) groups is 2. The summed E-state index contributed by atoms with van der Waals surface area (Å²) in [7, 11) is 1.66. The third kappa shape index (κ3) is 4.30. The maximum atomic E-state index is 13.2. The highest BCUT2D eigenvalue weighted by Crippen LogP contribution is 2.28. The van der Waals surface area contributed by atoms with E-state index in [-0.39, 0.29) is 17.6 Å². The third-order valence-corrected chi connectivity index (χ3v) is 6.58. The number of rotatable bonds is 4. The number of hydrogen-bond donors (Lipinski definition) is 0. The smallest absolute Gasteiger partial charge is 0.219 e. The lowest BCUT2D eigenvalue weighted by atomic mass is 9.87. The van der Waals surface area contributed by atoms with Crippen molar-refractivity contribution in [3.8, 4) is 5.75 Å². The molecule has 0 radical (unpaired) electrons. The number of Topliss-reactive ketones (excluding diaryl/α,β-unsaturated/α-hetero) is 1. The van der Waals surface area contributed by atoms with Gasteiger partial charge in [-0.25, -0.2) is 0 Å². The Labute approximate surface area is 172 Å². The number of nitrogens with zero attached hydrogens (tertiary/aromatic N) is 2. The van der Waals surface area contributed by atoms with Crippen molar-refractivity contribution in [2.45, 2.75) is 38.6 Å². The molecule has 2 aliphatic rings. The van der Waals surface area contributed by atoms with Crippen LogP contribution in [0, 0.1) is 5.92 Å². The van der Waals surface area contributed by atoms with Gasteiger partial charge in [-0.1, -0.05) is 18.2 Å². The van der Waals surface area contributed by atoms with Gasteiger partial charge in [-0.15, -0.1) is 0 Å². The van der Waals surface area contributed by atoms with Crippen molar-refractivity contribution in [1.29, 1.82) is 0 Å². The van der Waals surface area contributed by atoms with Crippen LogP contribution in [0.4, 0.5) is 0 Å². The van der Waals surface area contributed by atoms with Crippen LogP contribution in [-0.4, -0.2) is 60.8 Å². The van der Waals surface area contributed by atoms with Gasteiger partial charge >= 0.3 is 0 Å². The Morgan fingerprint density at radius 1 is 0.966 bits per heavy atom. The van der Waals surface area contributed by atoms with E-state index in [1.165, 1.54) is 0 Å². The van der Waals surface area contributed by atoms with Crippen LogP contribution in [0.1, 0.15) is 43.0 Å². The second-order valence-electron chi connectivity index (χ2n) is 8.36. The van der Waals surface area contributed by atoms with Gasteiger partial charge in [-0.2, -0.15) is 0 Å². The van der Waals surface area contributed by atoms with Gasteiger partial charge in [-0.3, -0.25) is 14.5 Å². The van der Waals surface area contributed by atoms with E-state index >= 15 is 0 Å². The number of methoxy groups -OCH3 is 1. The number of ether oxygens (including phenoxy) is 1. The van der Waals surface area contributed by atoms with Crippen molar-refractivity contribution in [2.24, 2.45) is 5.92 Å². The van der Waals surface area contributed by atoms with E-state index in [9.17, 15) is 9.59 Å². The van der Waals surface area contributed by atoms with Gasteiger partial charge in [0.25, 0.3) is 0 Å². The monoisotopic (exact) mass is 394 g/mol. The molecule has 154 valence electrons. The molecule has 0 bridgehead atoms. The van der Waals surface area contributed by atoms with E-state index in [4.69, 9.17) is 4.74 Å². The summed E-state index contributed by atoms with van der Waals surface area (Å²) in [6, 6.07) is 12.4. The Kier molecular flexibility index (Phi) is 5.86.